The number of halogens is 1. The lowest BCUT2D eigenvalue weighted by molar-refractivity contribution is -0.121. The predicted octanol–water partition coefficient (Wildman–Crippen LogP) is 4.54. The van der Waals surface area contributed by atoms with E-state index in [0.29, 0.717) is 12.8 Å². The quantitative estimate of drug-likeness (QED) is 0.648. The second kappa shape index (κ2) is 10.2. The number of hydrogen-bond donors (Lipinski definition) is 1. The maximum absolute atomic E-state index is 12.2. The van der Waals surface area contributed by atoms with Crippen molar-refractivity contribution in [3.8, 4) is 11.5 Å². The zero-order valence-electron chi connectivity index (χ0n) is 15.5. The normalized spacial score (nSPS) is 11.7. The van der Waals surface area contributed by atoms with Crippen LogP contribution in [-0.2, 0) is 17.6 Å². The van der Waals surface area contributed by atoms with Gasteiger partial charge in [-0.2, -0.15) is 0 Å². The monoisotopic (exact) mass is 419 g/mol. The standard InChI is InChI=1S/C21H26BrNO3/c1-15(4-5-16-6-9-18(22)10-7-16)23-21(24)13-8-17-14-19(25-2)11-12-20(17)26-3/h6-7,9-12,14-15H,4-5,8,13H2,1-3H3,(H,23,24). The fourth-order valence-electron chi connectivity index (χ4n) is 2.78. The first-order valence-corrected chi connectivity index (χ1v) is 9.56. The van der Waals surface area contributed by atoms with Gasteiger partial charge in [-0.1, -0.05) is 28.1 Å². The van der Waals surface area contributed by atoms with Crippen LogP contribution >= 0.6 is 15.9 Å². The Morgan fingerprint density at radius 1 is 1.08 bits per heavy atom. The van der Waals surface area contributed by atoms with Gasteiger partial charge in [-0.3, -0.25) is 4.79 Å². The molecule has 0 aliphatic rings. The van der Waals surface area contributed by atoms with Crippen molar-refractivity contribution in [3.63, 3.8) is 0 Å². The first-order chi connectivity index (χ1) is 12.5. The molecule has 0 saturated carbocycles. The third-order valence-corrected chi connectivity index (χ3v) is 4.82. The van der Waals surface area contributed by atoms with Gasteiger partial charge in [0, 0.05) is 16.9 Å². The van der Waals surface area contributed by atoms with Crippen molar-refractivity contribution >= 4 is 21.8 Å². The van der Waals surface area contributed by atoms with Crippen molar-refractivity contribution in [1.82, 2.24) is 5.32 Å². The minimum Gasteiger partial charge on any atom is -0.497 e. The molecule has 140 valence electrons. The number of methoxy groups -OCH3 is 2. The number of benzene rings is 2. The molecule has 0 bridgehead atoms. The highest BCUT2D eigenvalue weighted by Crippen LogP contribution is 2.25. The smallest absolute Gasteiger partial charge is 0.220 e. The van der Waals surface area contributed by atoms with E-state index >= 15 is 0 Å². The average Bonchev–Trinajstić information content (AvgIpc) is 2.65. The Hall–Kier alpha value is -2.01. The van der Waals surface area contributed by atoms with Crippen molar-refractivity contribution < 1.29 is 14.3 Å². The molecule has 5 heteroatoms. The van der Waals surface area contributed by atoms with Crippen molar-refractivity contribution in [1.29, 1.82) is 0 Å². The second-order valence-electron chi connectivity index (χ2n) is 6.31. The Labute approximate surface area is 164 Å². The number of ether oxygens (including phenoxy) is 2. The highest BCUT2D eigenvalue weighted by atomic mass is 79.9. The van der Waals surface area contributed by atoms with E-state index in [2.05, 4.69) is 33.4 Å². The lowest BCUT2D eigenvalue weighted by Gasteiger charge is -2.15. The van der Waals surface area contributed by atoms with Crippen LogP contribution in [-0.4, -0.2) is 26.2 Å². The number of carbonyl (C=O) groups is 1. The molecular formula is C21H26BrNO3. The lowest BCUT2D eigenvalue weighted by Crippen LogP contribution is -2.33. The number of rotatable bonds is 9. The molecule has 0 saturated heterocycles. The average molecular weight is 420 g/mol. The van der Waals surface area contributed by atoms with Crippen molar-refractivity contribution in [2.24, 2.45) is 0 Å². The fraction of sp³-hybridized carbons (Fsp3) is 0.381. The Balaban J connectivity index is 1.80. The Morgan fingerprint density at radius 2 is 1.81 bits per heavy atom. The molecule has 0 aromatic heterocycles. The van der Waals surface area contributed by atoms with E-state index < -0.39 is 0 Å². The van der Waals surface area contributed by atoms with Gasteiger partial charge in [0.15, 0.2) is 0 Å². The van der Waals surface area contributed by atoms with Crippen LogP contribution in [0.3, 0.4) is 0 Å². The molecule has 0 heterocycles. The largest absolute Gasteiger partial charge is 0.497 e. The number of aryl methyl sites for hydroxylation is 2. The Morgan fingerprint density at radius 3 is 2.46 bits per heavy atom. The van der Waals surface area contributed by atoms with E-state index in [1.165, 1.54) is 5.56 Å². The van der Waals surface area contributed by atoms with Gasteiger partial charge in [0.2, 0.25) is 5.91 Å². The summed E-state index contributed by atoms with van der Waals surface area (Å²) in [6, 6.07) is 14.1. The van der Waals surface area contributed by atoms with Gasteiger partial charge in [-0.15, -0.1) is 0 Å². The van der Waals surface area contributed by atoms with Gasteiger partial charge in [0.05, 0.1) is 14.2 Å². The summed E-state index contributed by atoms with van der Waals surface area (Å²) in [6.45, 7) is 2.04. The summed E-state index contributed by atoms with van der Waals surface area (Å²) in [6.07, 6.45) is 2.89. The van der Waals surface area contributed by atoms with Crippen LogP contribution in [0.4, 0.5) is 0 Å². The molecule has 4 nitrogen and oxygen atoms in total. The van der Waals surface area contributed by atoms with Crippen LogP contribution in [0.5, 0.6) is 11.5 Å². The molecule has 0 radical (unpaired) electrons. The molecule has 2 rings (SSSR count). The van der Waals surface area contributed by atoms with Crippen molar-refractivity contribution in [3.05, 3.63) is 58.1 Å². The summed E-state index contributed by atoms with van der Waals surface area (Å²) < 4.78 is 11.7. The van der Waals surface area contributed by atoms with Crippen LogP contribution < -0.4 is 14.8 Å². The fourth-order valence-corrected chi connectivity index (χ4v) is 3.04. The van der Waals surface area contributed by atoms with E-state index in [9.17, 15) is 4.79 Å². The highest BCUT2D eigenvalue weighted by molar-refractivity contribution is 9.10. The topological polar surface area (TPSA) is 47.6 Å². The van der Waals surface area contributed by atoms with Crippen LogP contribution in [0.25, 0.3) is 0 Å². The molecule has 2 aromatic rings. The summed E-state index contributed by atoms with van der Waals surface area (Å²) in [5.41, 5.74) is 2.25. The number of hydrogen-bond acceptors (Lipinski definition) is 3. The third kappa shape index (κ3) is 6.37. The van der Waals surface area contributed by atoms with Gasteiger partial charge in [-0.25, -0.2) is 0 Å². The highest BCUT2D eigenvalue weighted by Gasteiger charge is 2.11. The van der Waals surface area contributed by atoms with Gasteiger partial charge in [0.25, 0.3) is 0 Å². The Kier molecular flexibility index (Phi) is 7.98. The van der Waals surface area contributed by atoms with E-state index in [1.807, 2.05) is 37.3 Å². The van der Waals surface area contributed by atoms with Crippen LogP contribution in [0.15, 0.2) is 46.9 Å². The number of amides is 1. The molecule has 1 unspecified atom stereocenters. The molecule has 0 fully saturated rings. The summed E-state index contributed by atoms with van der Waals surface area (Å²) in [5, 5.41) is 3.08. The van der Waals surface area contributed by atoms with Crippen molar-refractivity contribution in [2.45, 2.75) is 38.6 Å². The lowest BCUT2D eigenvalue weighted by atomic mass is 10.1. The Bertz CT molecular complexity index is 716. The van der Waals surface area contributed by atoms with E-state index in [4.69, 9.17) is 9.47 Å². The van der Waals surface area contributed by atoms with Gasteiger partial charge >= 0.3 is 0 Å². The minimum atomic E-state index is 0.0539. The first kappa shape index (κ1) is 20.3. The molecule has 26 heavy (non-hydrogen) atoms. The van der Waals surface area contributed by atoms with Gasteiger partial charge in [-0.05, 0) is 67.6 Å². The van der Waals surface area contributed by atoms with Crippen LogP contribution in [0.2, 0.25) is 0 Å². The number of carbonyl (C=O) groups excluding carboxylic acids is 1. The molecule has 2 aromatic carbocycles. The predicted molar refractivity (Wildman–Crippen MR) is 108 cm³/mol. The third-order valence-electron chi connectivity index (χ3n) is 4.30. The molecule has 0 spiro atoms. The summed E-state index contributed by atoms with van der Waals surface area (Å²) >= 11 is 3.44. The molecule has 0 aliphatic heterocycles. The summed E-state index contributed by atoms with van der Waals surface area (Å²) in [4.78, 5) is 12.2. The molecule has 0 aliphatic carbocycles. The zero-order chi connectivity index (χ0) is 18.9. The van der Waals surface area contributed by atoms with E-state index in [-0.39, 0.29) is 11.9 Å². The second-order valence-corrected chi connectivity index (χ2v) is 7.23. The van der Waals surface area contributed by atoms with Gasteiger partial charge < -0.3 is 14.8 Å². The molecular weight excluding hydrogens is 394 g/mol. The molecule has 1 atom stereocenters. The summed E-state index contributed by atoms with van der Waals surface area (Å²) in [7, 11) is 3.26. The van der Waals surface area contributed by atoms with Crippen LogP contribution in [0.1, 0.15) is 30.9 Å². The molecule has 1 N–H and O–H groups in total. The van der Waals surface area contributed by atoms with Gasteiger partial charge in [0.1, 0.15) is 11.5 Å². The maximum atomic E-state index is 12.2. The van der Waals surface area contributed by atoms with Crippen molar-refractivity contribution in [2.75, 3.05) is 14.2 Å². The maximum Gasteiger partial charge on any atom is 0.220 e. The van der Waals surface area contributed by atoms with E-state index in [0.717, 1.165) is 34.4 Å². The SMILES string of the molecule is COc1ccc(OC)c(CCC(=O)NC(C)CCc2ccc(Br)cc2)c1. The first-order valence-electron chi connectivity index (χ1n) is 8.76. The van der Waals surface area contributed by atoms with Crippen LogP contribution in [0, 0.1) is 0 Å². The number of nitrogens with one attached hydrogen (secondary N) is 1. The minimum absolute atomic E-state index is 0.0539. The zero-order valence-corrected chi connectivity index (χ0v) is 17.1. The van der Waals surface area contributed by atoms with E-state index in [1.54, 1.807) is 14.2 Å². The summed E-state index contributed by atoms with van der Waals surface area (Å²) in [5.74, 6) is 1.60. The molecule has 1 amide bonds.